The van der Waals surface area contributed by atoms with E-state index in [0.717, 1.165) is 41.9 Å². The Morgan fingerprint density at radius 3 is 2.83 bits per heavy atom. The molecule has 156 valence electrons. The largest absolute Gasteiger partial charge is 0.376 e. The Morgan fingerprint density at radius 2 is 2.07 bits per heavy atom. The quantitative estimate of drug-likeness (QED) is 0.625. The number of halogens is 2. The van der Waals surface area contributed by atoms with Gasteiger partial charge in [-0.2, -0.15) is 0 Å². The fourth-order valence-electron chi connectivity index (χ4n) is 4.93. The number of benzene rings is 1. The number of likely N-dealkylation sites (N-methyl/N-ethyl adjacent to an activating group) is 1. The summed E-state index contributed by atoms with van der Waals surface area (Å²) in [7, 11) is 2.06. The average molecular weight is 445 g/mol. The monoisotopic (exact) mass is 444 g/mol. The number of rotatable bonds is 5. The smallest absolute Gasteiger partial charge is 0.242 e. The lowest BCUT2D eigenvalue weighted by Crippen LogP contribution is -2.52. The topological polar surface area (TPSA) is 77.2 Å². The van der Waals surface area contributed by atoms with Crippen molar-refractivity contribution >= 4 is 51.6 Å². The molecule has 30 heavy (non-hydrogen) atoms. The lowest BCUT2D eigenvalue weighted by atomic mass is 10.0. The molecule has 2 aromatic heterocycles. The predicted octanol–water partition coefficient (Wildman–Crippen LogP) is 3.80. The number of likely N-dealkylation sites (tertiary alicyclic amines) is 1. The predicted molar refractivity (Wildman–Crippen MR) is 119 cm³/mol. The number of aromatic amines is 1. The average Bonchev–Trinajstić information content (AvgIpc) is 3.45. The summed E-state index contributed by atoms with van der Waals surface area (Å²) in [6, 6.07) is 7.62. The highest BCUT2D eigenvalue weighted by Gasteiger charge is 2.48. The van der Waals surface area contributed by atoms with Crippen molar-refractivity contribution in [2.75, 3.05) is 30.4 Å². The zero-order chi connectivity index (χ0) is 20.8. The van der Waals surface area contributed by atoms with Crippen molar-refractivity contribution in [2.45, 2.75) is 24.9 Å². The fraction of sp³-hybridized carbons (Fsp3) is 0.381. The van der Waals surface area contributed by atoms with Gasteiger partial charge in [-0.15, -0.1) is 0 Å². The molecule has 1 amide bonds. The van der Waals surface area contributed by atoms with Gasteiger partial charge >= 0.3 is 0 Å². The maximum Gasteiger partial charge on any atom is 0.242 e. The third-order valence-corrected chi connectivity index (χ3v) is 6.68. The van der Waals surface area contributed by atoms with Crippen molar-refractivity contribution < 1.29 is 4.79 Å². The summed E-state index contributed by atoms with van der Waals surface area (Å²) >= 11 is 12.1. The number of H-pyrrole nitrogens is 1. The normalized spacial score (nSPS) is 22.6. The second kappa shape index (κ2) is 7.63. The molecule has 2 fully saturated rings. The van der Waals surface area contributed by atoms with Crippen LogP contribution >= 0.6 is 23.2 Å². The summed E-state index contributed by atoms with van der Waals surface area (Å²) < 4.78 is 0. The van der Waals surface area contributed by atoms with Gasteiger partial charge < -0.3 is 20.1 Å². The molecule has 3 unspecified atom stereocenters. The number of piperidine rings is 1. The maximum absolute atomic E-state index is 13.0. The first kappa shape index (κ1) is 19.5. The Kier molecular flexibility index (Phi) is 4.95. The Morgan fingerprint density at radius 1 is 1.27 bits per heavy atom. The van der Waals surface area contributed by atoms with Gasteiger partial charge in [0.15, 0.2) is 0 Å². The molecule has 3 heterocycles. The number of anilines is 2. The van der Waals surface area contributed by atoms with Crippen molar-refractivity contribution in [3.63, 3.8) is 0 Å². The number of nitrogens with zero attached hydrogens (tertiary/aromatic N) is 4. The van der Waals surface area contributed by atoms with Crippen LogP contribution < -0.4 is 10.2 Å². The molecule has 3 aromatic rings. The molecule has 3 atom stereocenters. The minimum absolute atomic E-state index is 0.0891. The molecule has 7 nitrogen and oxygen atoms in total. The summed E-state index contributed by atoms with van der Waals surface area (Å²) in [6.45, 7) is 1.03. The molecule has 1 saturated carbocycles. The first-order valence-corrected chi connectivity index (χ1v) is 10.8. The number of hydrogen-bond acceptors (Lipinski definition) is 5. The first-order chi connectivity index (χ1) is 14.5. The van der Waals surface area contributed by atoms with Gasteiger partial charge in [-0.05, 0) is 43.0 Å². The molecule has 2 bridgehead atoms. The summed E-state index contributed by atoms with van der Waals surface area (Å²) in [6.07, 6.45) is 5.56. The number of carbonyl (C=O) groups is 1. The molecule has 1 aromatic carbocycles. The van der Waals surface area contributed by atoms with E-state index in [1.54, 1.807) is 24.5 Å². The Hall–Kier alpha value is -2.51. The minimum Gasteiger partial charge on any atom is -0.376 e. The van der Waals surface area contributed by atoms with Gasteiger partial charge in [-0.25, -0.2) is 9.97 Å². The van der Waals surface area contributed by atoms with E-state index in [2.05, 4.69) is 32.2 Å². The van der Waals surface area contributed by atoms with Crippen molar-refractivity contribution in [3.8, 4) is 0 Å². The molecule has 5 rings (SSSR count). The third kappa shape index (κ3) is 3.46. The van der Waals surface area contributed by atoms with Crippen LogP contribution in [-0.2, 0) is 4.79 Å². The summed E-state index contributed by atoms with van der Waals surface area (Å²) in [5.41, 5.74) is 1.57. The van der Waals surface area contributed by atoms with Crippen LogP contribution in [0.2, 0.25) is 10.0 Å². The van der Waals surface area contributed by atoms with Gasteiger partial charge in [0.1, 0.15) is 17.8 Å². The molecule has 1 aliphatic carbocycles. The van der Waals surface area contributed by atoms with Gasteiger partial charge in [0.2, 0.25) is 5.91 Å². The zero-order valence-electron chi connectivity index (χ0n) is 16.5. The van der Waals surface area contributed by atoms with Crippen molar-refractivity contribution in [1.29, 1.82) is 0 Å². The van der Waals surface area contributed by atoms with Crippen molar-refractivity contribution in [1.82, 2.24) is 19.9 Å². The fourth-order valence-corrected chi connectivity index (χ4v) is 5.45. The van der Waals surface area contributed by atoms with Crippen molar-refractivity contribution in [2.24, 2.45) is 5.92 Å². The second-order valence-corrected chi connectivity index (χ2v) is 8.95. The number of amides is 1. The molecular formula is C21H22Cl2N6O. The highest BCUT2D eigenvalue weighted by atomic mass is 35.5. The van der Waals surface area contributed by atoms with Gasteiger partial charge in [-0.1, -0.05) is 23.2 Å². The lowest BCUT2D eigenvalue weighted by molar-refractivity contribution is -0.131. The minimum atomic E-state index is 0.0891. The van der Waals surface area contributed by atoms with E-state index in [1.807, 2.05) is 17.2 Å². The molecule has 0 radical (unpaired) electrons. The number of nitrogens with one attached hydrogen (secondary N) is 2. The number of hydrogen-bond donors (Lipinski definition) is 2. The van der Waals surface area contributed by atoms with E-state index >= 15 is 0 Å². The van der Waals surface area contributed by atoms with Crippen LogP contribution in [0.3, 0.4) is 0 Å². The SMILES string of the molecule is CN(c1ncnc2[nH]ccc12)C1CC2CC1N(C(=O)CNc1cc(Cl)cc(Cl)c1)C2. The van der Waals surface area contributed by atoms with E-state index in [-0.39, 0.29) is 24.5 Å². The van der Waals surface area contributed by atoms with Crippen molar-refractivity contribution in [3.05, 3.63) is 46.8 Å². The highest BCUT2D eigenvalue weighted by Crippen LogP contribution is 2.41. The summed E-state index contributed by atoms with van der Waals surface area (Å²) in [5.74, 6) is 1.51. The van der Waals surface area contributed by atoms with Crippen LogP contribution in [0.5, 0.6) is 0 Å². The van der Waals surface area contributed by atoms with Crippen LogP contribution in [0.1, 0.15) is 12.8 Å². The highest BCUT2D eigenvalue weighted by molar-refractivity contribution is 6.35. The summed E-state index contributed by atoms with van der Waals surface area (Å²) in [5, 5.41) is 5.24. The first-order valence-electron chi connectivity index (χ1n) is 10.00. The molecule has 1 saturated heterocycles. The van der Waals surface area contributed by atoms with Gasteiger partial charge in [0.25, 0.3) is 0 Å². The molecule has 2 aliphatic rings. The molecule has 9 heteroatoms. The van der Waals surface area contributed by atoms with E-state index in [1.165, 1.54) is 0 Å². The van der Waals surface area contributed by atoms with Crippen LogP contribution in [0.4, 0.5) is 11.5 Å². The molecule has 2 N–H and O–H groups in total. The van der Waals surface area contributed by atoms with Gasteiger partial charge in [0, 0.05) is 35.5 Å². The van der Waals surface area contributed by atoms with Crippen LogP contribution in [0, 0.1) is 5.92 Å². The molecule has 1 aliphatic heterocycles. The van der Waals surface area contributed by atoms with Crippen LogP contribution in [0.15, 0.2) is 36.8 Å². The van der Waals surface area contributed by atoms with E-state index in [0.29, 0.717) is 16.0 Å². The Bertz CT molecular complexity index is 1080. The van der Waals surface area contributed by atoms with Crippen LogP contribution in [0.25, 0.3) is 11.0 Å². The second-order valence-electron chi connectivity index (χ2n) is 8.08. The lowest BCUT2D eigenvalue weighted by Gasteiger charge is -2.39. The Labute approximate surface area is 184 Å². The van der Waals surface area contributed by atoms with E-state index in [9.17, 15) is 4.79 Å². The standard InChI is InChI=1S/C21H22Cl2N6O/c1-28(21-16-2-3-24-20(16)26-11-27-21)17-4-12-5-18(17)29(10-12)19(30)9-25-15-7-13(22)6-14(23)8-15/h2-3,6-8,11-12,17-18,25H,4-5,9-10H2,1H3,(H,24,26,27). The summed E-state index contributed by atoms with van der Waals surface area (Å²) in [4.78, 5) is 29.2. The number of aromatic nitrogens is 3. The number of carbonyl (C=O) groups excluding carboxylic acids is 1. The van der Waals surface area contributed by atoms with Gasteiger partial charge in [0.05, 0.1) is 24.0 Å². The van der Waals surface area contributed by atoms with Gasteiger partial charge in [-0.3, -0.25) is 4.79 Å². The maximum atomic E-state index is 13.0. The molecular weight excluding hydrogens is 423 g/mol. The van der Waals surface area contributed by atoms with Crippen LogP contribution in [-0.4, -0.2) is 58.0 Å². The molecule has 0 spiro atoms. The third-order valence-electron chi connectivity index (χ3n) is 6.24. The van der Waals surface area contributed by atoms with E-state index in [4.69, 9.17) is 23.2 Å². The number of fused-ring (bicyclic) bond motifs is 3. The zero-order valence-corrected chi connectivity index (χ0v) is 18.0. The Balaban J connectivity index is 1.30. The van der Waals surface area contributed by atoms with E-state index < -0.39 is 0 Å².